The van der Waals surface area contributed by atoms with Gasteiger partial charge < -0.3 is 14.0 Å². The number of ether oxygens (including phenoxy) is 2. The first-order valence-corrected chi connectivity index (χ1v) is 9.87. The first kappa shape index (κ1) is 18.2. The summed E-state index contributed by atoms with van der Waals surface area (Å²) in [6.07, 6.45) is 5.21. The summed E-state index contributed by atoms with van der Waals surface area (Å²) in [4.78, 5) is 13.2. The van der Waals surface area contributed by atoms with Crippen molar-refractivity contribution in [3.05, 3.63) is 78.0 Å². The minimum atomic E-state index is -0.0921. The summed E-state index contributed by atoms with van der Waals surface area (Å²) in [7, 11) is 0. The van der Waals surface area contributed by atoms with Gasteiger partial charge in [0.15, 0.2) is 17.3 Å². The van der Waals surface area contributed by atoms with Crippen molar-refractivity contribution in [1.29, 1.82) is 0 Å². The summed E-state index contributed by atoms with van der Waals surface area (Å²) in [5.41, 5.74) is 4.94. The molecule has 0 N–H and O–H groups in total. The van der Waals surface area contributed by atoms with Crippen molar-refractivity contribution in [2.24, 2.45) is 0 Å². The Balaban J connectivity index is 1.57. The Kier molecular flexibility index (Phi) is 4.39. The highest BCUT2D eigenvalue weighted by atomic mass is 16.6. The molecule has 0 aliphatic carbocycles. The van der Waals surface area contributed by atoms with Crippen LogP contribution in [0.2, 0.25) is 0 Å². The predicted molar refractivity (Wildman–Crippen MR) is 116 cm³/mol. The topological polar surface area (TPSA) is 57.8 Å². The molecule has 3 heterocycles. The number of aryl methyl sites for hydroxylation is 1. The zero-order chi connectivity index (χ0) is 20.7. The summed E-state index contributed by atoms with van der Waals surface area (Å²) in [6, 6.07) is 13.7. The molecule has 6 nitrogen and oxygen atoms in total. The van der Waals surface area contributed by atoms with Gasteiger partial charge >= 0.3 is 0 Å². The highest BCUT2D eigenvalue weighted by molar-refractivity contribution is 6.12. The van der Waals surface area contributed by atoms with E-state index >= 15 is 0 Å². The molecule has 6 heteroatoms. The van der Waals surface area contributed by atoms with Gasteiger partial charge in [0.1, 0.15) is 18.9 Å². The summed E-state index contributed by atoms with van der Waals surface area (Å²) in [6.45, 7) is 7.41. The Morgan fingerprint density at radius 2 is 1.90 bits per heavy atom. The van der Waals surface area contributed by atoms with Gasteiger partial charge in [0, 0.05) is 6.54 Å². The first-order chi connectivity index (χ1) is 14.7. The average molecular weight is 399 g/mol. The van der Waals surface area contributed by atoms with Crippen molar-refractivity contribution in [3.63, 3.8) is 0 Å². The monoisotopic (exact) mass is 399 g/mol. The number of hydrogen-bond acceptors (Lipinski definition) is 4. The second-order valence-electron chi connectivity index (χ2n) is 7.18. The van der Waals surface area contributed by atoms with Crippen LogP contribution in [0.25, 0.3) is 22.8 Å². The summed E-state index contributed by atoms with van der Waals surface area (Å²) >= 11 is 0. The lowest BCUT2D eigenvalue weighted by molar-refractivity contribution is 0.104. The van der Waals surface area contributed by atoms with Crippen molar-refractivity contribution in [2.75, 3.05) is 13.2 Å². The lowest BCUT2D eigenvalue weighted by atomic mass is 10.1. The second-order valence-corrected chi connectivity index (χ2v) is 7.18. The van der Waals surface area contributed by atoms with Crippen LogP contribution in [0, 0.1) is 6.92 Å². The zero-order valence-electron chi connectivity index (χ0n) is 16.7. The van der Waals surface area contributed by atoms with E-state index in [1.807, 2.05) is 60.0 Å². The van der Waals surface area contributed by atoms with E-state index in [4.69, 9.17) is 9.47 Å². The molecule has 0 spiro atoms. The van der Waals surface area contributed by atoms with Crippen molar-refractivity contribution >= 4 is 28.5 Å². The third-order valence-corrected chi connectivity index (χ3v) is 5.24. The maximum absolute atomic E-state index is 13.2. The molecule has 5 rings (SSSR count). The number of allylic oxidation sites excluding steroid dienone is 2. The largest absolute Gasteiger partial charge is 0.486 e. The maximum Gasteiger partial charge on any atom is 0.191 e. The highest BCUT2D eigenvalue weighted by Gasteiger charge is 2.22. The lowest BCUT2D eigenvalue weighted by Gasteiger charge is -2.18. The van der Waals surface area contributed by atoms with Crippen LogP contribution in [0.1, 0.15) is 21.6 Å². The summed E-state index contributed by atoms with van der Waals surface area (Å²) < 4.78 is 15.1. The van der Waals surface area contributed by atoms with Crippen LogP contribution in [0.3, 0.4) is 0 Å². The van der Waals surface area contributed by atoms with Gasteiger partial charge in [0.25, 0.3) is 0 Å². The highest BCUT2D eigenvalue weighted by Crippen LogP contribution is 2.31. The average Bonchev–Trinajstić information content (AvgIpc) is 3.26. The normalized spacial score (nSPS) is 13.4. The predicted octanol–water partition coefficient (Wildman–Crippen LogP) is 4.45. The Morgan fingerprint density at radius 1 is 1.13 bits per heavy atom. The van der Waals surface area contributed by atoms with E-state index in [1.165, 1.54) is 0 Å². The number of carbonyl (C=O) groups excluding carboxylic acids is 1. The SMILES string of the molecule is C=CCn1c2ccccc2n2nc(C)c(C(=O)C=Cc3ccc4c(c3)OCCO4)c12. The van der Waals surface area contributed by atoms with Crippen molar-refractivity contribution < 1.29 is 14.3 Å². The van der Waals surface area contributed by atoms with Gasteiger partial charge in [-0.2, -0.15) is 5.10 Å². The molecule has 0 unspecified atom stereocenters. The first-order valence-electron chi connectivity index (χ1n) is 9.87. The number of rotatable bonds is 5. The molecule has 2 aromatic heterocycles. The molecule has 1 aliphatic heterocycles. The lowest BCUT2D eigenvalue weighted by Crippen LogP contribution is -2.15. The van der Waals surface area contributed by atoms with E-state index in [0.29, 0.717) is 36.8 Å². The van der Waals surface area contributed by atoms with Gasteiger partial charge in [-0.15, -0.1) is 6.58 Å². The van der Waals surface area contributed by atoms with E-state index in [2.05, 4.69) is 16.2 Å². The fourth-order valence-electron chi connectivity index (χ4n) is 3.94. The molecular formula is C24H21N3O3. The molecule has 4 aromatic rings. The third-order valence-electron chi connectivity index (χ3n) is 5.24. The molecule has 150 valence electrons. The number of ketones is 1. The summed E-state index contributed by atoms with van der Waals surface area (Å²) in [5, 5.41) is 4.65. The fourth-order valence-corrected chi connectivity index (χ4v) is 3.94. The Labute approximate surface area is 173 Å². The van der Waals surface area contributed by atoms with Crippen molar-refractivity contribution in [1.82, 2.24) is 14.2 Å². The quantitative estimate of drug-likeness (QED) is 0.283. The number of hydrogen-bond donors (Lipinski definition) is 0. The van der Waals surface area contributed by atoms with Crippen LogP contribution in [0.5, 0.6) is 11.5 Å². The number of carbonyl (C=O) groups is 1. The molecule has 2 aromatic carbocycles. The van der Waals surface area contributed by atoms with Gasteiger partial charge in [-0.1, -0.05) is 30.4 Å². The van der Waals surface area contributed by atoms with Crippen LogP contribution in [0.15, 0.2) is 61.2 Å². The van der Waals surface area contributed by atoms with Gasteiger partial charge in [-0.05, 0) is 42.8 Å². The number of imidazole rings is 1. The molecule has 0 saturated heterocycles. The van der Waals surface area contributed by atoms with Gasteiger partial charge in [-0.3, -0.25) is 4.79 Å². The van der Waals surface area contributed by atoms with E-state index in [-0.39, 0.29) is 5.78 Å². The smallest absolute Gasteiger partial charge is 0.191 e. The number of fused-ring (bicyclic) bond motifs is 4. The van der Waals surface area contributed by atoms with Gasteiger partial charge in [0.2, 0.25) is 0 Å². The minimum absolute atomic E-state index is 0.0921. The Bertz CT molecular complexity index is 1330. The molecule has 0 fully saturated rings. The zero-order valence-corrected chi connectivity index (χ0v) is 16.7. The molecule has 0 atom stereocenters. The Hall–Kier alpha value is -3.80. The standard InChI is InChI=1S/C24H21N3O3/c1-3-12-26-18-6-4-5-7-19(18)27-24(26)23(16(2)25-27)20(28)10-8-17-9-11-21-22(15-17)30-14-13-29-21/h3-11,15H,1,12-14H2,2H3. The Morgan fingerprint density at radius 3 is 2.70 bits per heavy atom. The molecular weight excluding hydrogens is 378 g/mol. The van der Waals surface area contributed by atoms with Crippen LogP contribution < -0.4 is 9.47 Å². The van der Waals surface area contributed by atoms with Gasteiger partial charge in [-0.25, -0.2) is 4.52 Å². The van der Waals surface area contributed by atoms with Crippen LogP contribution in [0.4, 0.5) is 0 Å². The number of nitrogens with zero attached hydrogens (tertiary/aromatic N) is 3. The molecule has 0 amide bonds. The maximum atomic E-state index is 13.2. The number of para-hydroxylation sites is 2. The van der Waals surface area contributed by atoms with Gasteiger partial charge in [0.05, 0.1) is 22.3 Å². The second kappa shape index (κ2) is 7.22. The molecule has 0 saturated carbocycles. The van der Waals surface area contributed by atoms with Crippen molar-refractivity contribution in [2.45, 2.75) is 13.5 Å². The fraction of sp³-hybridized carbons (Fsp3) is 0.167. The van der Waals surface area contributed by atoms with E-state index in [9.17, 15) is 4.79 Å². The third kappa shape index (κ3) is 2.88. The summed E-state index contributed by atoms with van der Waals surface area (Å²) in [5.74, 6) is 1.34. The van der Waals surface area contributed by atoms with Crippen LogP contribution in [-0.2, 0) is 6.54 Å². The van der Waals surface area contributed by atoms with E-state index in [0.717, 1.165) is 28.0 Å². The molecule has 30 heavy (non-hydrogen) atoms. The number of benzene rings is 2. The minimum Gasteiger partial charge on any atom is -0.486 e. The van der Waals surface area contributed by atoms with Crippen LogP contribution in [-0.4, -0.2) is 33.2 Å². The van der Waals surface area contributed by atoms with E-state index in [1.54, 1.807) is 12.2 Å². The molecule has 0 radical (unpaired) electrons. The van der Waals surface area contributed by atoms with Crippen LogP contribution >= 0.6 is 0 Å². The molecule has 1 aliphatic rings. The molecule has 0 bridgehead atoms. The number of aromatic nitrogens is 3. The van der Waals surface area contributed by atoms with Crippen molar-refractivity contribution in [3.8, 4) is 11.5 Å². The van der Waals surface area contributed by atoms with E-state index < -0.39 is 0 Å².